The quantitative estimate of drug-likeness (QED) is 0.761. The van der Waals surface area contributed by atoms with E-state index >= 15 is 0 Å². The lowest BCUT2D eigenvalue weighted by Crippen LogP contribution is -2.22. The van der Waals surface area contributed by atoms with Gasteiger partial charge in [-0.15, -0.1) is 0 Å². The summed E-state index contributed by atoms with van der Waals surface area (Å²) in [7, 11) is 0. The zero-order valence-corrected chi connectivity index (χ0v) is 12.2. The second kappa shape index (κ2) is 5.42. The van der Waals surface area contributed by atoms with E-state index in [-0.39, 0.29) is 16.8 Å². The van der Waals surface area contributed by atoms with Crippen molar-refractivity contribution in [2.75, 3.05) is 0 Å². The van der Waals surface area contributed by atoms with Crippen LogP contribution < -0.4 is 5.56 Å². The van der Waals surface area contributed by atoms with E-state index in [4.69, 9.17) is 10.4 Å². The number of fused-ring (bicyclic) bond motifs is 1. The van der Waals surface area contributed by atoms with E-state index in [1.54, 1.807) is 31.2 Å². The predicted molar refractivity (Wildman–Crippen MR) is 81.5 cm³/mol. The molecule has 0 unspecified atom stereocenters. The molecule has 0 fully saturated rings. The summed E-state index contributed by atoms with van der Waals surface area (Å²) in [5.41, 5.74) is 2.11. The normalized spacial score (nSPS) is 10.6. The molecule has 0 radical (unpaired) electrons. The molecule has 7 heteroatoms. The number of nitriles is 1. The second-order valence-electron chi connectivity index (χ2n) is 5.12. The first-order chi connectivity index (χ1) is 11.0. The molecular formula is C16H12N4O3. The van der Waals surface area contributed by atoms with Crippen molar-refractivity contribution in [3.8, 4) is 6.07 Å². The average molecular weight is 308 g/mol. The Balaban J connectivity index is 2.09. The highest BCUT2D eigenvalue weighted by Gasteiger charge is 2.17. The number of benzene rings is 1. The van der Waals surface area contributed by atoms with Crippen molar-refractivity contribution in [1.29, 1.82) is 5.26 Å². The Morgan fingerprint density at radius 2 is 2.09 bits per heavy atom. The number of hydrogen-bond donors (Lipinski definition) is 2. The van der Waals surface area contributed by atoms with Crippen LogP contribution in [0.2, 0.25) is 0 Å². The second-order valence-corrected chi connectivity index (χ2v) is 5.12. The van der Waals surface area contributed by atoms with Crippen LogP contribution in [0.5, 0.6) is 0 Å². The summed E-state index contributed by atoms with van der Waals surface area (Å²) in [6.45, 7) is 1.68. The number of nitrogens with one attached hydrogen (secondary N) is 1. The molecule has 0 aliphatic heterocycles. The van der Waals surface area contributed by atoms with Gasteiger partial charge in [0.15, 0.2) is 5.65 Å². The van der Waals surface area contributed by atoms with Gasteiger partial charge in [0.1, 0.15) is 5.56 Å². The smallest absolute Gasteiger partial charge is 0.341 e. The van der Waals surface area contributed by atoms with Crippen molar-refractivity contribution in [1.82, 2.24) is 14.6 Å². The summed E-state index contributed by atoms with van der Waals surface area (Å²) in [5, 5.41) is 20.5. The van der Waals surface area contributed by atoms with Crippen molar-refractivity contribution in [3.63, 3.8) is 0 Å². The third-order valence-electron chi connectivity index (χ3n) is 3.66. The minimum absolute atomic E-state index is 0.0462. The Kier molecular flexibility index (Phi) is 3.43. The lowest BCUT2D eigenvalue weighted by Gasteiger charge is -2.06. The van der Waals surface area contributed by atoms with Gasteiger partial charge in [0.25, 0.3) is 5.56 Å². The molecule has 3 aromatic rings. The molecule has 0 saturated heterocycles. The maximum atomic E-state index is 12.6. The first kappa shape index (κ1) is 14.5. The molecule has 3 rings (SSSR count). The van der Waals surface area contributed by atoms with Gasteiger partial charge in [-0.05, 0) is 24.6 Å². The maximum Gasteiger partial charge on any atom is 0.341 e. The maximum absolute atomic E-state index is 12.6. The summed E-state index contributed by atoms with van der Waals surface area (Å²) < 4.78 is 1.13. The summed E-state index contributed by atoms with van der Waals surface area (Å²) in [5.74, 6) is -1.14. The van der Waals surface area contributed by atoms with Crippen molar-refractivity contribution in [3.05, 3.63) is 68.8 Å². The molecule has 0 spiro atoms. The lowest BCUT2D eigenvalue weighted by atomic mass is 10.0. The van der Waals surface area contributed by atoms with Crippen LogP contribution in [-0.2, 0) is 6.42 Å². The van der Waals surface area contributed by atoms with Crippen LogP contribution in [0.3, 0.4) is 0 Å². The van der Waals surface area contributed by atoms with Crippen LogP contribution in [-0.4, -0.2) is 25.7 Å². The first-order valence-electron chi connectivity index (χ1n) is 6.83. The van der Waals surface area contributed by atoms with Gasteiger partial charge in [-0.3, -0.25) is 9.89 Å². The minimum atomic E-state index is -1.14. The van der Waals surface area contributed by atoms with E-state index in [9.17, 15) is 9.59 Å². The summed E-state index contributed by atoms with van der Waals surface area (Å²) >= 11 is 0. The molecule has 7 nitrogen and oxygen atoms in total. The number of rotatable bonds is 3. The number of carboxylic acids is 1. The Labute approximate surface area is 130 Å². The first-order valence-corrected chi connectivity index (χ1v) is 6.83. The SMILES string of the molecule is Cc1nc2c(C(=O)O)c[nH]n2c(=O)c1Cc1ccc(C#N)cc1. The molecule has 2 heterocycles. The van der Waals surface area contributed by atoms with Gasteiger partial charge in [0, 0.05) is 23.9 Å². The molecule has 0 aliphatic rings. The zero-order chi connectivity index (χ0) is 16.6. The summed E-state index contributed by atoms with van der Waals surface area (Å²) in [6.07, 6.45) is 1.60. The predicted octanol–water partition coefficient (Wildman–Crippen LogP) is 1.49. The Hall–Kier alpha value is -3.40. The topological polar surface area (TPSA) is 111 Å². The standard InChI is InChI=1S/C16H12N4O3/c1-9-12(6-10-2-4-11(7-17)5-3-10)15(21)20-14(19-9)13(8-18-20)16(22)23/h2-5,8,18H,6H2,1H3,(H,22,23). The highest BCUT2D eigenvalue weighted by atomic mass is 16.4. The van der Waals surface area contributed by atoms with Crippen LogP contribution in [0.4, 0.5) is 0 Å². The molecule has 0 atom stereocenters. The van der Waals surface area contributed by atoms with Crippen molar-refractivity contribution < 1.29 is 9.90 Å². The van der Waals surface area contributed by atoms with Gasteiger partial charge >= 0.3 is 5.97 Å². The van der Waals surface area contributed by atoms with Crippen molar-refractivity contribution in [2.45, 2.75) is 13.3 Å². The lowest BCUT2D eigenvalue weighted by molar-refractivity contribution is 0.0698. The van der Waals surface area contributed by atoms with Gasteiger partial charge < -0.3 is 5.11 Å². The third kappa shape index (κ3) is 2.46. The fourth-order valence-corrected chi connectivity index (χ4v) is 2.42. The van der Waals surface area contributed by atoms with Gasteiger partial charge in [-0.1, -0.05) is 12.1 Å². The number of carbonyl (C=O) groups is 1. The molecular weight excluding hydrogens is 296 g/mol. The van der Waals surface area contributed by atoms with E-state index in [0.29, 0.717) is 23.2 Å². The fraction of sp³-hybridized carbons (Fsp3) is 0.125. The number of nitrogens with zero attached hydrogens (tertiary/aromatic N) is 3. The third-order valence-corrected chi connectivity index (χ3v) is 3.66. The number of aromatic amines is 1. The molecule has 23 heavy (non-hydrogen) atoms. The van der Waals surface area contributed by atoms with Gasteiger partial charge in [0.05, 0.1) is 11.6 Å². The molecule has 2 aromatic heterocycles. The molecule has 0 amide bonds. The Morgan fingerprint density at radius 1 is 1.39 bits per heavy atom. The summed E-state index contributed by atoms with van der Waals surface area (Å²) in [4.78, 5) is 27.9. The van der Waals surface area contributed by atoms with Gasteiger partial charge in [-0.25, -0.2) is 14.3 Å². The number of aromatic nitrogens is 3. The van der Waals surface area contributed by atoms with Crippen LogP contribution in [0.1, 0.15) is 32.7 Å². The average Bonchev–Trinajstić information content (AvgIpc) is 2.96. The van der Waals surface area contributed by atoms with E-state index in [0.717, 1.165) is 10.1 Å². The monoisotopic (exact) mass is 308 g/mol. The van der Waals surface area contributed by atoms with E-state index in [1.807, 2.05) is 6.07 Å². The zero-order valence-electron chi connectivity index (χ0n) is 12.2. The van der Waals surface area contributed by atoms with E-state index in [2.05, 4.69) is 10.1 Å². The fourth-order valence-electron chi connectivity index (χ4n) is 2.42. The van der Waals surface area contributed by atoms with Crippen molar-refractivity contribution >= 4 is 11.6 Å². The van der Waals surface area contributed by atoms with Crippen LogP contribution in [0.25, 0.3) is 5.65 Å². The number of carboxylic acid groups (broad SMARTS) is 1. The number of aryl methyl sites for hydroxylation is 1. The molecule has 0 saturated carbocycles. The molecule has 114 valence electrons. The van der Waals surface area contributed by atoms with E-state index < -0.39 is 5.97 Å². The number of aromatic carboxylic acids is 1. The highest BCUT2D eigenvalue weighted by molar-refractivity contribution is 5.94. The van der Waals surface area contributed by atoms with Crippen LogP contribution in [0.15, 0.2) is 35.3 Å². The summed E-state index contributed by atoms with van der Waals surface area (Å²) in [6, 6.07) is 8.97. The van der Waals surface area contributed by atoms with Crippen LogP contribution >= 0.6 is 0 Å². The molecule has 2 N–H and O–H groups in total. The van der Waals surface area contributed by atoms with Crippen LogP contribution in [0, 0.1) is 18.3 Å². The highest BCUT2D eigenvalue weighted by Crippen LogP contribution is 2.13. The largest absolute Gasteiger partial charge is 0.477 e. The minimum Gasteiger partial charge on any atom is -0.477 e. The molecule has 1 aromatic carbocycles. The Bertz CT molecular complexity index is 1010. The number of H-pyrrole nitrogens is 1. The van der Waals surface area contributed by atoms with Gasteiger partial charge in [0.2, 0.25) is 0 Å². The Morgan fingerprint density at radius 3 is 2.70 bits per heavy atom. The van der Waals surface area contributed by atoms with Gasteiger partial charge in [-0.2, -0.15) is 5.26 Å². The van der Waals surface area contributed by atoms with E-state index in [1.165, 1.54) is 6.20 Å². The molecule has 0 aliphatic carbocycles. The molecule has 0 bridgehead atoms. The number of hydrogen-bond acceptors (Lipinski definition) is 4. The van der Waals surface area contributed by atoms with Crippen molar-refractivity contribution in [2.24, 2.45) is 0 Å².